The van der Waals surface area contributed by atoms with Crippen LogP contribution in [0.25, 0.3) is 33.5 Å². The number of benzene rings is 3. The lowest BCUT2D eigenvalue weighted by atomic mass is 9.93. The zero-order valence-electron chi connectivity index (χ0n) is 16.1. The van der Waals surface area contributed by atoms with Gasteiger partial charge in [-0.2, -0.15) is 0 Å². The molecule has 5 rings (SSSR count). The quantitative estimate of drug-likeness (QED) is 0.336. The lowest BCUT2D eigenvalue weighted by molar-refractivity contribution is 0.415. The van der Waals surface area contributed by atoms with E-state index in [4.69, 9.17) is 32.4 Å². The molecular weight excluding hydrogens is 403 g/mol. The second-order valence-electron chi connectivity index (χ2n) is 7.30. The summed E-state index contributed by atoms with van der Waals surface area (Å²) in [6.45, 7) is 2.11. The Balaban J connectivity index is 1.68. The molecule has 0 saturated carbocycles. The van der Waals surface area contributed by atoms with Crippen molar-refractivity contribution in [3.63, 3.8) is 0 Å². The molecule has 0 atom stereocenters. The summed E-state index contributed by atoms with van der Waals surface area (Å²) in [6.07, 6.45) is 4.89. The number of fused-ring (bicyclic) bond motifs is 2. The van der Waals surface area contributed by atoms with Gasteiger partial charge in [-0.05, 0) is 52.9 Å². The van der Waals surface area contributed by atoms with Gasteiger partial charge in [-0.25, -0.2) is 0 Å². The second kappa shape index (κ2) is 6.98. The van der Waals surface area contributed by atoms with E-state index in [1.807, 2.05) is 30.5 Å². The Hall–Kier alpha value is -2.68. The van der Waals surface area contributed by atoms with Gasteiger partial charge < -0.3 is 9.15 Å². The molecule has 3 aromatic carbocycles. The summed E-state index contributed by atoms with van der Waals surface area (Å²) in [5, 5.41) is 3.27. The van der Waals surface area contributed by atoms with E-state index in [0.717, 1.165) is 34.1 Å². The summed E-state index contributed by atoms with van der Waals surface area (Å²) >= 11 is 12.8. The molecule has 0 radical (unpaired) electrons. The number of methoxy groups -OCH3 is 1. The highest BCUT2D eigenvalue weighted by molar-refractivity contribution is 6.37. The Morgan fingerprint density at radius 2 is 1.76 bits per heavy atom. The first kappa shape index (κ1) is 18.4. The summed E-state index contributed by atoms with van der Waals surface area (Å²) in [7, 11) is 1.57. The Morgan fingerprint density at radius 3 is 2.52 bits per heavy atom. The molecule has 2 nitrogen and oxygen atoms in total. The molecule has 0 amide bonds. The molecule has 29 heavy (non-hydrogen) atoms. The predicted molar refractivity (Wildman–Crippen MR) is 121 cm³/mol. The van der Waals surface area contributed by atoms with E-state index in [-0.39, 0.29) is 0 Å². The Bertz CT molecular complexity index is 1270. The van der Waals surface area contributed by atoms with Crippen molar-refractivity contribution >= 4 is 45.6 Å². The first-order valence-electron chi connectivity index (χ1n) is 9.40. The van der Waals surface area contributed by atoms with Gasteiger partial charge in [0.1, 0.15) is 5.76 Å². The van der Waals surface area contributed by atoms with Crippen molar-refractivity contribution in [3.8, 4) is 16.9 Å². The maximum Gasteiger partial charge on any atom is 0.156 e. The van der Waals surface area contributed by atoms with Crippen molar-refractivity contribution in [1.82, 2.24) is 0 Å². The fraction of sp³-hybridized carbons (Fsp3) is 0.120. The molecule has 0 saturated heterocycles. The van der Waals surface area contributed by atoms with E-state index in [1.165, 1.54) is 22.3 Å². The van der Waals surface area contributed by atoms with Crippen LogP contribution < -0.4 is 4.74 Å². The number of rotatable bonds is 3. The largest absolute Gasteiger partial charge is 0.494 e. The molecule has 0 bridgehead atoms. The molecule has 1 aromatic heterocycles. The maximum atomic E-state index is 6.42. The highest BCUT2D eigenvalue weighted by atomic mass is 35.5. The smallest absolute Gasteiger partial charge is 0.156 e. The van der Waals surface area contributed by atoms with Crippen molar-refractivity contribution in [2.45, 2.75) is 13.3 Å². The fourth-order valence-electron chi connectivity index (χ4n) is 4.19. The van der Waals surface area contributed by atoms with Crippen molar-refractivity contribution in [2.24, 2.45) is 0 Å². The normalized spacial score (nSPS) is 12.9. The Morgan fingerprint density at radius 1 is 1.00 bits per heavy atom. The molecule has 1 aliphatic rings. The Labute approximate surface area is 179 Å². The van der Waals surface area contributed by atoms with Crippen LogP contribution in [0.4, 0.5) is 0 Å². The first-order valence-corrected chi connectivity index (χ1v) is 10.2. The third-order valence-electron chi connectivity index (χ3n) is 5.54. The monoisotopic (exact) mass is 420 g/mol. The topological polar surface area (TPSA) is 22.4 Å². The highest BCUT2D eigenvalue weighted by Gasteiger charge is 2.23. The molecule has 4 aromatic rings. The van der Waals surface area contributed by atoms with Crippen LogP contribution in [-0.4, -0.2) is 7.11 Å². The fourth-order valence-corrected chi connectivity index (χ4v) is 4.83. The van der Waals surface area contributed by atoms with Crippen molar-refractivity contribution in [1.29, 1.82) is 0 Å². The minimum atomic E-state index is 0.501. The van der Waals surface area contributed by atoms with E-state index >= 15 is 0 Å². The number of hydrogen-bond donors (Lipinski definition) is 0. The van der Waals surface area contributed by atoms with E-state index in [1.54, 1.807) is 7.11 Å². The number of halogens is 2. The summed E-state index contributed by atoms with van der Waals surface area (Å²) in [4.78, 5) is 0. The summed E-state index contributed by atoms with van der Waals surface area (Å²) < 4.78 is 11.3. The highest BCUT2D eigenvalue weighted by Crippen LogP contribution is 2.44. The summed E-state index contributed by atoms with van der Waals surface area (Å²) in [6, 6.07) is 16.4. The van der Waals surface area contributed by atoms with Gasteiger partial charge in [0.15, 0.2) is 5.75 Å². The predicted octanol–water partition coefficient (Wildman–Crippen LogP) is 7.82. The molecular formula is C25H18Cl2O2. The molecule has 0 unspecified atom stereocenters. The molecule has 1 heterocycles. The number of furan rings is 1. The number of allylic oxidation sites excluding steroid dienone is 1. The molecule has 0 aliphatic heterocycles. The molecule has 144 valence electrons. The van der Waals surface area contributed by atoms with Gasteiger partial charge in [0.05, 0.1) is 23.4 Å². The van der Waals surface area contributed by atoms with Crippen molar-refractivity contribution in [2.75, 3.05) is 7.11 Å². The minimum Gasteiger partial charge on any atom is -0.494 e. The Kier molecular flexibility index (Phi) is 4.42. The number of hydrogen-bond acceptors (Lipinski definition) is 2. The van der Waals surface area contributed by atoms with Crippen LogP contribution in [0.5, 0.6) is 5.75 Å². The van der Waals surface area contributed by atoms with E-state index in [9.17, 15) is 0 Å². The van der Waals surface area contributed by atoms with Gasteiger partial charge in [0, 0.05) is 22.8 Å². The van der Waals surface area contributed by atoms with Gasteiger partial charge in [-0.15, -0.1) is 0 Å². The van der Waals surface area contributed by atoms with Gasteiger partial charge >= 0.3 is 0 Å². The lowest BCUT2D eigenvalue weighted by Gasteiger charge is -2.14. The third-order valence-corrected chi connectivity index (χ3v) is 6.10. The minimum absolute atomic E-state index is 0.501. The number of ether oxygens (including phenoxy) is 1. The number of aryl methyl sites for hydroxylation is 1. The van der Waals surface area contributed by atoms with Gasteiger partial charge in [-0.1, -0.05) is 59.6 Å². The van der Waals surface area contributed by atoms with Crippen LogP contribution in [-0.2, 0) is 6.42 Å². The van der Waals surface area contributed by atoms with Crippen LogP contribution in [0.2, 0.25) is 10.0 Å². The first-order chi connectivity index (χ1) is 14.1. The third kappa shape index (κ3) is 2.95. The van der Waals surface area contributed by atoms with Gasteiger partial charge in [0.25, 0.3) is 0 Å². The summed E-state index contributed by atoms with van der Waals surface area (Å²) in [5.41, 5.74) is 6.93. The molecule has 0 spiro atoms. The lowest BCUT2D eigenvalue weighted by Crippen LogP contribution is -1.93. The SMILES string of the molecule is COc1c(Cl)cc(-c2c(C)ccc3c2C=C(c2occ4ccccc24)C3)cc1Cl. The van der Waals surface area contributed by atoms with Crippen LogP contribution in [0.3, 0.4) is 0 Å². The van der Waals surface area contributed by atoms with Gasteiger partial charge in [0.2, 0.25) is 0 Å². The average molecular weight is 421 g/mol. The molecule has 0 N–H and O–H groups in total. The van der Waals surface area contributed by atoms with E-state index < -0.39 is 0 Å². The molecule has 1 aliphatic carbocycles. The zero-order chi connectivity index (χ0) is 20.1. The van der Waals surface area contributed by atoms with Crippen LogP contribution in [0, 0.1) is 6.92 Å². The van der Waals surface area contributed by atoms with Crippen molar-refractivity contribution in [3.05, 3.63) is 87.3 Å². The summed E-state index contributed by atoms with van der Waals surface area (Å²) in [5.74, 6) is 1.44. The maximum absolute atomic E-state index is 6.42. The van der Waals surface area contributed by atoms with Crippen LogP contribution in [0.1, 0.15) is 22.5 Å². The van der Waals surface area contributed by atoms with Crippen molar-refractivity contribution < 1.29 is 9.15 Å². The van der Waals surface area contributed by atoms with E-state index in [2.05, 4.69) is 37.3 Å². The second-order valence-corrected chi connectivity index (χ2v) is 8.12. The average Bonchev–Trinajstić information content (AvgIpc) is 3.31. The molecule has 0 fully saturated rings. The molecule has 4 heteroatoms. The zero-order valence-corrected chi connectivity index (χ0v) is 17.6. The van der Waals surface area contributed by atoms with Crippen LogP contribution in [0.15, 0.2) is 59.2 Å². The van der Waals surface area contributed by atoms with Crippen LogP contribution >= 0.6 is 23.2 Å². The van der Waals surface area contributed by atoms with Gasteiger partial charge in [-0.3, -0.25) is 0 Å². The van der Waals surface area contributed by atoms with E-state index in [0.29, 0.717) is 15.8 Å². The standard InChI is InChI=1S/C25H18Cl2O2/c1-14-7-8-15-9-18(24-19-6-4-3-5-16(19)13-29-24)10-20(15)23(14)17-11-21(26)25(28-2)22(27)12-17/h3-8,10-13H,9H2,1-2H3.